The molecule has 1 atom stereocenters. The molecular formula is C28H30FN5O4. The average Bonchev–Trinajstić information content (AvgIpc) is 3.59. The first-order valence-corrected chi connectivity index (χ1v) is 13.1. The molecule has 1 aromatic heterocycles. The molecule has 0 radical (unpaired) electrons. The molecule has 4 heterocycles. The van der Waals surface area contributed by atoms with Gasteiger partial charge in [0, 0.05) is 44.4 Å². The summed E-state index contributed by atoms with van der Waals surface area (Å²) in [5.74, 6) is -0.704. The number of aromatic amines is 1. The Labute approximate surface area is 219 Å². The van der Waals surface area contributed by atoms with Crippen LogP contribution in [0.4, 0.5) is 4.39 Å². The van der Waals surface area contributed by atoms with Gasteiger partial charge in [-0.15, -0.1) is 0 Å². The number of nitrogens with one attached hydrogen (secondary N) is 2. The maximum Gasteiger partial charge on any atom is 0.272 e. The van der Waals surface area contributed by atoms with E-state index in [9.17, 15) is 14.4 Å². The topological polar surface area (TPSA) is 108 Å². The fourth-order valence-corrected chi connectivity index (χ4v) is 5.88. The molecule has 9 nitrogen and oxygen atoms in total. The third kappa shape index (κ3) is 4.13. The van der Waals surface area contributed by atoms with E-state index in [4.69, 9.17) is 4.74 Å². The molecule has 0 bridgehead atoms. The molecular weight excluding hydrogens is 489 g/mol. The second kappa shape index (κ2) is 9.50. The summed E-state index contributed by atoms with van der Waals surface area (Å²) in [6.45, 7) is 4.59. The highest BCUT2D eigenvalue weighted by Crippen LogP contribution is 2.36. The van der Waals surface area contributed by atoms with Crippen LogP contribution in [0.1, 0.15) is 46.9 Å². The van der Waals surface area contributed by atoms with Crippen LogP contribution in [0.15, 0.2) is 35.1 Å². The van der Waals surface area contributed by atoms with Crippen molar-refractivity contribution in [3.8, 4) is 5.75 Å². The summed E-state index contributed by atoms with van der Waals surface area (Å²) in [6, 6.07) is 8.80. The quantitative estimate of drug-likeness (QED) is 0.546. The zero-order chi connectivity index (χ0) is 26.4. The van der Waals surface area contributed by atoms with Crippen molar-refractivity contribution in [3.63, 3.8) is 0 Å². The highest BCUT2D eigenvalue weighted by Gasteiger charge is 2.40. The van der Waals surface area contributed by atoms with Crippen molar-refractivity contribution in [2.45, 2.75) is 38.1 Å². The van der Waals surface area contributed by atoms with E-state index in [0.717, 1.165) is 24.9 Å². The number of halogens is 1. The summed E-state index contributed by atoms with van der Waals surface area (Å²) in [5, 5.41) is 11.1. The third-order valence-electron chi connectivity index (χ3n) is 8.03. The Hall–Kier alpha value is -3.79. The van der Waals surface area contributed by atoms with Crippen molar-refractivity contribution < 1.29 is 18.7 Å². The number of rotatable bonds is 4. The fraction of sp³-hybridized carbons (Fsp3) is 0.429. The fourth-order valence-electron chi connectivity index (χ4n) is 5.88. The van der Waals surface area contributed by atoms with Crippen molar-refractivity contribution in [1.29, 1.82) is 0 Å². The molecule has 0 saturated carbocycles. The zero-order valence-corrected chi connectivity index (χ0v) is 21.3. The van der Waals surface area contributed by atoms with Gasteiger partial charge in [0.25, 0.3) is 11.5 Å². The number of nitrogens with zero attached hydrogens (tertiary/aromatic N) is 3. The van der Waals surface area contributed by atoms with Gasteiger partial charge in [-0.3, -0.25) is 14.4 Å². The number of amides is 2. The molecule has 10 heteroatoms. The Kier molecular flexibility index (Phi) is 6.14. The van der Waals surface area contributed by atoms with Crippen LogP contribution in [-0.2, 0) is 17.6 Å². The largest absolute Gasteiger partial charge is 0.492 e. The number of benzene rings is 2. The molecule has 38 heavy (non-hydrogen) atoms. The van der Waals surface area contributed by atoms with E-state index in [1.54, 1.807) is 34.1 Å². The Morgan fingerprint density at radius 3 is 2.61 bits per heavy atom. The van der Waals surface area contributed by atoms with Crippen LogP contribution in [-0.4, -0.2) is 76.7 Å². The minimum absolute atomic E-state index is 0.0557. The second-order valence-corrected chi connectivity index (χ2v) is 10.5. The molecule has 2 N–H and O–H groups in total. The van der Waals surface area contributed by atoms with Gasteiger partial charge in [0.15, 0.2) is 0 Å². The lowest BCUT2D eigenvalue weighted by Crippen LogP contribution is -2.58. The summed E-state index contributed by atoms with van der Waals surface area (Å²) in [7, 11) is 0. The SMILES string of the molecule is C[C@]1(C(=O)N2CCN(C(=O)c3c(F)c(Cc4n[nH]c(=O)c5ccccc45)cc4c3OCC4)CC2)CCCN1. The van der Waals surface area contributed by atoms with Crippen molar-refractivity contribution >= 4 is 22.6 Å². The number of ether oxygens (including phenoxy) is 1. The van der Waals surface area contributed by atoms with Gasteiger partial charge in [0.1, 0.15) is 17.1 Å². The third-order valence-corrected chi connectivity index (χ3v) is 8.03. The lowest BCUT2D eigenvalue weighted by molar-refractivity contribution is -0.138. The van der Waals surface area contributed by atoms with Crippen LogP contribution < -0.4 is 15.6 Å². The lowest BCUT2D eigenvalue weighted by atomic mass is 9.96. The van der Waals surface area contributed by atoms with E-state index in [-0.39, 0.29) is 23.5 Å². The Bertz CT molecular complexity index is 1490. The van der Waals surface area contributed by atoms with E-state index in [2.05, 4.69) is 15.5 Å². The molecule has 0 spiro atoms. The zero-order valence-electron chi connectivity index (χ0n) is 21.3. The normalized spacial score (nSPS) is 21.0. The molecule has 6 rings (SSSR count). The molecule has 3 aliphatic rings. The predicted octanol–water partition coefficient (Wildman–Crippen LogP) is 2.01. The first kappa shape index (κ1) is 24.5. The van der Waals surface area contributed by atoms with Crippen molar-refractivity contribution in [1.82, 2.24) is 25.3 Å². The first-order valence-electron chi connectivity index (χ1n) is 13.1. The van der Waals surface area contributed by atoms with Gasteiger partial charge in [-0.1, -0.05) is 18.2 Å². The summed E-state index contributed by atoms with van der Waals surface area (Å²) < 4.78 is 21.8. The molecule has 198 valence electrons. The Morgan fingerprint density at radius 1 is 1.13 bits per heavy atom. The lowest BCUT2D eigenvalue weighted by Gasteiger charge is -2.38. The van der Waals surface area contributed by atoms with Crippen molar-refractivity contribution in [3.05, 3.63) is 68.9 Å². The average molecular weight is 520 g/mol. The molecule has 2 fully saturated rings. The van der Waals surface area contributed by atoms with E-state index < -0.39 is 17.3 Å². The molecule has 2 aromatic carbocycles. The van der Waals surface area contributed by atoms with E-state index in [1.807, 2.05) is 13.0 Å². The number of carbonyl (C=O) groups excluding carboxylic acids is 2. The van der Waals surface area contributed by atoms with Crippen LogP contribution in [0.3, 0.4) is 0 Å². The van der Waals surface area contributed by atoms with Gasteiger partial charge in [-0.2, -0.15) is 5.10 Å². The minimum atomic E-state index is -0.631. The van der Waals surface area contributed by atoms with Gasteiger partial charge in [-0.25, -0.2) is 9.49 Å². The maximum atomic E-state index is 16.1. The molecule has 0 unspecified atom stereocenters. The standard InChI is InChI=1S/C28H30FN5O4/c1-28(8-4-9-30-28)27(37)34-12-10-33(11-13-34)26(36)22-23(29)18(15-17-7-14-38-24(17)22)16-21-19-5-2-3-6-20(19)25(35)32-31-21/h2-3,5-6,15,30H,4,7-14,16H2,1H3,(H,32,35)/t28-/m1/s1. The van der Waals surface area contributed by atoms with Crippen LogP contribution in [0.25, 0.3) is 10.8 Å². The molecule has 3 aromatic rings. The van der Waals surface area contributed by atoms with E-state index in [0.29, 0.717) is 67.0 Å². The number of carbonyl (C=O) groups is 2. The molecule has 0 aliphatic carbocycles. The number of H-pyrrole nitrogens is 1. The number of piperazine rings is 1. The van der Waals surface area contributed by atoms with Crippen LogP contribution >= 0.6 is 0 Å². The van der Waals surface area contributed by atoms with Gasteiger partial charge >= 0.3 is 0 Å². The number of fused-ring (bicyclic) bond motifs is 2. The highest BCUT2D eigenvalue weighted by molar-refractivity contribution is 5.98. The Morgan fingerprint density at radius 2 is 1.87 bits per heavy atom. The molecule has 2 amide bonds. The smallest absolute Gasteiger partial charge is 0.272 e. The predicted molar refractivity (Wildman–Crippen MR) is 139 cm³/mol. The van der Waals surface area contributed by atoms with Crippen LogP contribution in [0.5, 0.6) is 5.75 Å². The van der Waals surface area contributed by atoms with Crippen LogP contribution in [0, 0.1) is 5.82 Å². The van der Waals surface area contributed by atoms with Gasteiger partial charge in [0.2, 0.25) is 5.91 Å². The number of hydrogen-bond acceptors (Lipinski definition) is 6. The molecule has 3 aliphatic heterocycles. The Balaban J connectivity index is 1.27. The minimum Gasteiger partial charge on any atom is -0.492 e. The van der Waals surface area contributed by atoms with E-state index >= 15 is 4.39 Å². The first-order chi connectivity index (χ1) is 18.4. The van der Waals surface area contributed by atoms with Crippen molar-refractivity contribution in [2.75, 3.05) is 39.3 Å². The number of hydrogen-bond donors (Lipinski definition) is 2. The van der Waals surface area contributed by atoms with Crippen LogP contribution in [0.2, 0.25) is 0 Å². The maximum absolute atomic E-state index is 16.1. The second-order valence-electron chi connectivity index (χ2n) is 10.5. The van der Waals surface area contributed by atoms with Gasteiger partial charge in [-0.05, 0) is 49.6 Å². The summed E-state index contributed by atoms with van der Waals surface area (Å²) in [4.78, 5) is 42.3. The van der Waals surface area contributed by atoms with Gasteiger partial charge < -0.3 is 19.9 Å². The molecule has 2 saturated heterocycles. The summed E-state index contributed by atoms with van der Waals surface area (Å²) >= 11 is 0. The monoisotopic (exact) mass is 519 g/mol. The van der Waals surface area contributed by atoms with E-state index in [1.165, 1.54) is 0 Å². The summed E-state index contributed by atoms with van der Waals surface area (Å²) in [5.41, 5.74) is 0.717. The van der Waals surface area contributed by atoms with Gasteiger partial charge in [0.05, 0.1) is 23.2 Å². The summed E-state index contributed by atoms with van der Waals surface area (Å²) in [6.07, 6.45) is 2.46. The number of aromatic nitrogens is 2. The highest BCUT2D eigenvalue weighted by atomic mass is 19.1. The van der Waals surface area contributed by atoms with Crippen molar-refractivity contribution in [2.24, 2.45) is 0 Å².